The van der Waals surface area contributed by atoms with E-state index in [2.05, 4.69) is 28.1 Å². The first kappa shape index (κ1) is 25.8. The van der Waals surface area contributed by atoms with E-state index in [4.69, 9.17) is 14.5 Å². The number of rotatable bonds is 10. The number of thiazole rings is 1. The number of hydrogen-bond acceptors (Lipinski definition) is 6. The van der Waals surface area contributed by atoms with E-state index < -0.39 is 11.0 Å². The molecule has 3 aromatic rings. The number of carbonyl (C=O) groups is 2. The average molecular weight is 559 g/mol. The highest BCUT2D eigenvalue weighted by Gasteiger charge is 2.45. The number of hydrogen-bond donors (Lipinski definition) is 0. The summed E-state index contributed by atoms with van der Waals surface area (Å²) in [6.07, 6.45) is 3.12. The summed E-state index contributed by atoms with van der Waals surface area (Å²) in [6, 6.07) is 14.1. The van der Waals surface area contributed by atoms with Gasteiger partial charge in [-0.05, 0) is 63.3 Å². The van der Waals surface area contributed by atoms with Gasteiger partial charge in [-0.15, -0.1) is 11.3 Å². The summed E-state index contributed by atoms with van der Waals surface area (Å²) >= 11 is 5.02. The highest BCUT2D eigenvalue weighted by atomic mass is 79.9. The number of ketones is 1. The van der Waals surface area contributed by atoms with Gasteiger partial charge in [-0.2, -0.15) is 0 Å². The maximum absolute atomic E-state index is 13.7. The SMILES string of the molecule is CC(C)(C)OC(=O)CC1(C(=O)CCc2nc3cc(OCCCBr)ccc3s2)Cc2ccccc2C1. The first-order chi connectivity index (χ1) is 16.7. The molecular weight excluding hydrogens is 526 g/mol. The van der Waals surface area contributed by atoms with Gasteiger partial charge in [0.25, 0.3) is 0 Å². The van der Waals surface area contributed by atoms with E-state index >= 15 is 0 Å². The number of alkyl halides is 1. The molecule has 0 spiro atoms. The fourth-order valence-electron chi connectivity index (χ4n) is 4.65. The maximum Gasteiger partial charge on any atom is 0.307 e. The normalized spacial score (nSPS) is 14.6. The monoisotopic (exact) mass is 557 g/mol. The smallest absolute Gasteiger partial charge is 0.307 e. The molecular formula is C28H32BrNO4S. The van der Waals surface area contributed by atoms with Gasteiger partial charge in [0, 0.05) is 29.7 Å². The average Bonchev–Trinajstić information content (AvgIpc) is 3.37. The molecule has 5 nitrogen and oxygen atoms in total. The van der Waals surface area contributed by atoms with Gasteiger partial charge in [0.05, 0.1) is 28.3 Å². The van der Waals surface area contributed by atoms with Crippen LogP contribution in [0.25, 0.3) is 10.2 Å². The summed E-state index contributed by atoms with van der Waals surface area (Å²) < 4.78 is 12.5. The van der Waals surface area contributed by atoms with Crippen LogP contribution in [0.2, 0.25) is 0 Å². The molecule has 0 unspecified atom stereocenters. The molecule has 0 saturated carbocycles. The zero-order valence-corrected chi connectivity index (χ0v) is 23.0. The van der Waals surface area contributed by atoms with E-state index in [1.165, 1.54) is 0 Å². The topological polar surface area (TPSA) is 65.5 Å². The number of aromatic nitrogens is 1. The maximum atomic E-state index is 13.7. The zero-order valence-electron chi connectivity index (χ0n) is 20.6. The lowest BCUT2D eigenvalue weighted by Crippen LogP contribution is -2.37. The Balaban J connectivity index is 1.47. The predicted octanol–water partition coefficient (Wildman–Crippen LogP) is 6.48. The largest absolute Gasteiger partial charge is 0.493 e. The minimum absolute atomic E-state index is 0.104. The lowest BCUT2D eigenvalue weighted by Gasteiger charge is -2.28. The van der Waals surface area contributed by atoms with Crippen LogP contribution in [0.4, 0.5) is 0 Å². The lowest BCUT2D eigenvalue weighted by atomic mass is 9.76. The molecule has 2 aromatic carbocycles. The Morgan fingerprint density at radius 2 is 1.83 bits per heavy atom. The van der Waals surface area contributed by atoms with Gasteiger partial charge in [0.1, 0.15) is 17.1 Å². The summed E-state index contributed by atoms with van der Waals surface area (Å²) in [6.45, 7) is 6.22. The van der Waals surface area contributed by atoms with Gasteiger partial charge >= 0.3 is 5.97 Å². The molecule has 7 heteroatoms. The van der Waals surface area contributed by atoms with Crippen LogP contribution >= 0.6 is 27.3 Å². The first-order valence-electron chi connectivity index (χ1n) is 12.1. The van der Waals surface area contributed by atoms with E-state index in [1.807, 2.05) is 51.1 Å². The molecule has 0 aliphatic heterocycles. The van der Waals surface area contributed by atoms with Crippen LogP contribution in [-0.2, 0) is 33.6 Å². The number of Topliss-reactive ketones (excluding diaryl/α,β-unsaturated/α-hetero) is 1. The lowest BCUT2D eigenvalue weighted by molar-refractivity contribution is -0.159. The number of carbonyl (C=O) groups excluding carboxylic acids is 2. The van der Waals surface area contributed by atoms with Gasteiger partial charge in [-0.25, -0.2) is 4.98 Å². The minimum Gasteiger partial charge on any atom is -0.493 e. The van der Waals surface area contributed by atoms with Crippen molar-refractivity contribution in [1.82, 2.24) is 4.98 Å². The number of esters is 1. The summed E-state index contributed by atoms with van der Waals surface area (Å²) in [5.74, 6) is 0.607. The Morgan fingerprint density at radius 3 is 2.49 bits per heavy atom. The molecule has 0 fully saturated rings. The van der Waals surface area contributed by atoms with E-state index in [0.717, 1.165) is 43.9 Å². The third-order valence-electron chi connectivity index (χ3n) is 6.19. The van der Waals surface area contributed by atoms with E-state index in [1.54, 1.807) is 11.3 Å². The number of fused-ring (bicyclic) bond motifs is 2. The summed E-state index contributed by atoms with van der Waals surface area (Å²) in [5, 5.41) is 1.83. The van der Waals surface area contributed by atoms with Crippen LogP contribution in [0, 0.1) is 5.41 Å². The van der Waals surface area contributed by atoms with Crippen LogP contribution in [0.5, 0.6) is 5.75 Å². The Kier molecular flexibility index (Phi) is 7.96. The third-order valence-corrected chi connectivity index (χ3v) is 7.84. The van der Waals surface area contributed by atoms with Gasteiger partial charge in [-0.3, -0.25) is 9.59 Å². The molecule has 0 N–H and O–H groups in total. The summed E-state index contributed by atoms with van der Waals surface area (Å²) in [4.78, 5) is 31.2. The molecule has 186 valence electrons. The Hall–Kier alpha value is -2.25. The molecule has 0 atom stereocenters. The van der Waals surface area contributed by atoms with Crippen molar-refractivity contribution in [2.45, 2.75) is 64.9 Å². The second-order valence-electron chi connectivity index (χ2n) is 10.2. The highest BCUT2D eigenvalue weighted by Crippen LogP contribution is 2.42. The standard InChI is InChI=1S/C28H32BrNO4S/c1-27(2,3)34-26(32)18-28(16-19-7-4-5-8-20(19)17-28)24(31)11-12-25-30-22-15-21(33-14-6-13-29)9-10-23(22)35-25/h4-5,7-10,15H,6,11-14,16-18H2,1-3H3. The quantitative estimate of drug-likeness (QED) is 0.162. The van der Waals surface area contributed by atoms with Crippen LogP contribution in [0.1, 0.15) is 56.2 Å². The van der Waals surface area contributed by atoms with Crippen molar-refractivity contribution in [3.8, 4) is 5.75 Å². The van der Waals surface area contributed by atoms with E-state index in [0.29, 0.717) is 32.3 Å². The van der Waals surface area contributed by atoms with Crippen molar-refractivity contribution in [2.75, 3.05) is 11.9 Å². The predicted molar refractivity (Wildman–Crippen MR) is 144 cm³/mol. The number of aryl methyl sites for hydroxylation is 1. The fourth-order valence-corrected chi connectivity index (χ4v) is 5.83. The van der Waals surface area contributed by atoms with E-state index in [9.17, 15) is 9.59 Å². The Morgan fingerprint density at radius 1 is 1.11 bits per heavy atom. The molecule has 0 amide bonds. The third kappa shape index (κ3) is 6.50. The Bertz CT molecular complexity index is 1190. The first-order valence-corrected chi connectivity index (χ1v) is 14.0. The van der Waals surface area contributed by atoms with Crippen molar-refractivity contribution in [2.24, 2.45) is 5.41 Å². The zero-order chi connectivity index (χ0) is 25.1. The van der Waals surface area contributed by atoms with Gasteiger partial charge < -0.3 is 9.47 Å². The van der Waals surface area contributed by atoms with Crippen LogP contribution in [0.15, 0.2) is 42.5 Å². The molecule has 1 aliphatic carbocycles. The van der Waals surface area contributed by atoms with Crippen LogP contribution in [-0.4, -0.2) is 34.3 Å². The molecule has 1 heterocycles. The van der Waals surface area contributed by atoms with Gasteiger partial charge in [0.15, 0.2) is 0 Å². The highest BCUT2D eigenvalue weighted by molar-refractivity contribution is 9.09. The molecule has 0 bridgehead atoms. The van der Waals surface area contributed by atoms with Crippen molar-refractivity contribution in [3.63, 3.8) is 0 Å². The number of halogens is 1. The number of nitrogens with zero attached hydrogens (tertiary/aromatic N) is 1. The van der Waals surface area contributed by atoms with Crippen molar-refractivity contribution in [1.29, 1.82) is 0 Å². The fraction of sp³-hybridized carbons (Fsp3) is 0.464. The molecule has 1 aromatic heterocycles. The second kappa shape index (κ2) is 10.8. The molecule has 0 radical (unpaired) electrons. The van der Waals surface area contributed by atoms with Gasteiger partial charge in [-0.1, -0.05) is 40.2 Å². The molecule has 35 heavy (non-hydrogen) atoms. The molecule has 4 rings (SSSR count). The van der Waals surface area contributed by atoms with Crippen molar-refractivity contribution < 1.29 is 19.1 Å². The summed E-state index contributed by atoms with van der Waals surface area (Å²) in [7, 11) is 0. The minimum atomic E-state index is -0.751. The van der Waals surface area contributed by atoms with Crippen LogP contribution < -0.4 is 4.74 Å². The summed E-state index contributed by atoms with van der Waals surface area (Å²) in [5.41, 5.74) is 1.86. The molecule has 1 aliphatic rings. The number of benzene rings is 2. The van der Waals surface area contributed by atoms with Crippen molar-refractivity contribution in [3.05, 3.63) is 58.6 Å². The van der Waals surface area contributed by atoms with Gasteiger partial charge in [0.2, 0.25) is 0 Å². The molecule has 0 saturated heterocycles. The Labute approximate surface area is 219 Å². The number of ether oxygens (including phenoxy) is 2. The van der Waals surface area contributed by atoms with E-state index in [-0.39, 0.29) is 18.2 Å². The van der Waals surface area contributed by atoms with Crippen LogP contribution in [0.3, 0.4) is 0 Å². The second-order valence-corrected chi connectivity index (χ2v) is 12.1. The van der Waals surface area contributed by atoms with Crippen molar-refractivity contribution >= 4 is 49.2 Å².